The van der Waals surface area contributed by atoms with E-state index < -0.39 is 12.2 Å². The molecule has 0 aromatic heterocycles. The smallest absolute Gasteiger partial charge is 0.338 e. The van der Waals surface area contributed by atoms with Gasteiger partial charge in [-0.25, -0.2) is 4.79 Å². The number of fused-ring (bicyclic) bond motifs is 1. The van der Waals surface area contributed by atoms with Crippen molar-refractivity contribution in [2.75, 3.05) is 13.6 Å². The summed E-state index contributed by atoms with van der Waals surface area (Å²) in [6, 6.07) is 5.07. The molecule has 0 aliphatic carbocycles. The Morgan fingerprint density at radius 3 is 2.94 bits per heavy atom. The number of hydrogen-bond donors (Lipinski definition) is 3. The van der Waals surface area contributed by atoms with Crippen LogP contribution in [-0.2, 0) is 11.3 Å². The van der Waals surface area contributed by atoms with Crippen LogP contribution in [0.1, 0.15) is 34.0 Å². The van der Waals surface area contributed by atoms with E-state index in [0.717, 1.165) is 5.56 Å². The Labute approximate surface area is 105 Å². The molecule has 1 aliphatic rings. The van der Waals surface area contributed by atoms with E-state index in [1.807, 2.05) is 0 Å². The molecule has 2 rings (SSSR count). The van der Waals surface area contributed by atoms with Crippen LogP contribution in [0.25, 0.3) is 0 Å². The molecule has 0 saturated carbocycles. The highest BCUT2D eigenvalue weighted by Gasteiger charge is 2.24. The van der Waals surface area contributed by atoms with Gasteiger partial charge >= 0.3 is 5.97 Å². The maximum absolute atomic E-state index is 11.4. The van der Waals surface area contributed by atoms with Crippen molar-refractivity contribution >= 4 is 5.97 Å². The molecular formula is C13H17NO4. The first-order chi connectivity index (χ1) is 8.63. The van der Waals surface area contributed by atoms with Crippen LogP contribution < -0.4 is 5.32 Å². The van der Waals surface area contributed by atoms with E-state index in [4.69, 9.17) is 4.74 Å². The van der Waals surface area contributed by atoms with Crippen LogP contribution in [0.2, 0.25) is 0 Å². The normalized spacial score (nSPS) is 17.2. The number of benzene rings is 1. The molecule has 18 heavy (non-hydrogen) atoms. The van der Waals surface area contributed by atoms with Crippen molar-refractivity contribution in [3.05, 3.63) is 34.9 Å². The second-order valence-electron chi connectivity index (χ2n) is 4.40. The number of hydrogen-bond acceptors (Lipinski definition) is 5. The highest BCUT2D eigenvalue weighted by molar-refractivity contribution is 5.93. The number of aliphatic hydroxyl groups excluding tert-OH is 2. The summed E-state index contributed by atoms with van der Waals surface area (Å²) in [5.41, 5.74) is 1.84. The molecule has 0 spiro atoms. The third-order valence-corrected chi connectivity index (χ3v) is 3.11. The van der Waals surface area contributed by atoms with Crippen LogP contribution in [0.4, 0.5) is 0 Å². The average Bonchev–Trinajstić information content (AvgIpc) is 2.76. The first kappa shape index (κ1) is 13.0. The number of aliphatic hydroxyl groups is 2. The van der Waals surface area contributed by atoms with Gasteiger partial charge in [-0.05, 0) is 31.6 Å². The highest BCUT2D eigenvalue weighted by atomic mass is 16.5. The van der Waals surface area contributed by atoms with Crippen LogP contribution in [0.5, 0.6) is 0 Å². The summed E-state index contributed by atoms with van der Waals surface area (Å²) in [6.07, 6.45) is -1.40. The molecule has 3 N–H and O–H groups in total. The summed E-state index contributed by atoms with van der Waals surface area (Å²) in [6.45, 7) is 0.901. The van der Waals surface area contributed by atoms with Crippen LogP contribution >= 0.6 is 0 Å². The molecule has 0 amide bonds. The maximum atomic E-state index is 11.4. The van der Waals surface area contributed by atoms with Gasteiger partial charge in [-0.3, -0.25) is 0 Å². The van der Waals surface area contributed by atoms with Gasteiger partial charge < -0.3 is 20.3 Å². The molecule has 0 radical (unpaired) electrons. The number of ether oxygens (including phenoxy) is 1. The third-order valence-electron chi connectivity index (χ3n) is 3.11. The lowest BCUT2D eigenvalue weighted by Crippen LogP contribution is -2.23. The zero-order chi connectivity index (χ0) is 13.1. The van der Waals surface area contributed by atoms with E-state index in [0.29, 0.717) is 24.1 Å². The highest BCUT2D eigenvalue weighted by Crippen LogP contribution is 2.26. The summed E-state index contributed by atoms with van der Waals surface area (Å²) in [4.78, 5) is 11.4. The predicted octanol–water partition coefficient (Wildman–Crippen LogP) is 0.361. The number of esters is 1. The molecule has 1 heterocycles. The van der Waals surface area contributed by atoms with Gasteiger partial charge in [-0.15, -0.1) is 0 Å². The standard InChI is InChI=1S/C13H17NO4/c1-14-5-4-11(15)12(16)8-2-3-9-7-18-13(17)10(9)6-8/h2-3,6,11-12,14-16H,4-5,7H2,1H3. The van der Waals surface area contributed by atoms with E-state index >= 15 is 0 Å². The molecule has 1 aromatic rings. The number of nitrogens with one attached hydrogen (secondary N) is 1. The van der Waals surface area contributed by atoms with E-state index in [1.165, 1.54) is 0 Å². The fraction of sp³-hybridized carbons (Fsp3) is 0.462. The molecule has 5 heteroatoms. The van der Waals surface area contributed by atoms with Gasteiger partial charge in [0.05, 0.1) is 11.7 Å². The van der Waals surface area contributed by atoms with Crippen molar-refractivity contribution in [2.45, 2.75) is 25.2 Å². The van der Waals surface area contributed by atoms with Gasteiger partial charge in [0.15, 0.2) is 0 Å². The van der Waals surface area contributed by atoms with Gasteiger partial charge in [0.2, 0.25) is 0 Å². The van der Waals surface area contributed by atoms with Crippen molar-refractivity contribution in [1.82, 2.24) is 5.32 Å². The summed E-state index contributed by atoms with van der Waals surface area (Å²) in [5.74, 6) is -0.372. The Hall–Kier alpha value is -1.43. The lowest BCUT2D eigenvalue weighted by atomic mass is 9.98. The second-order valence-corrected chi connectivity index (χ2v) is 4.40. The first-order valence-corrected chi connectivity index (χ1v) is 5.94. The summed E-state index contributed by atoms with van der Waals surface area (Å²) >= 11 is 0. The number of carbonyl (C=O) groups excluding carboxylic acids is 1. The molecule has 2 unspecified atom stereocenters. The zero-order valence-corrected chi connectivity index (χ0v) is 10.2. The number of cyclic esters (lactones) is 1. The van der Waals surface area contributed by atoms with Crippen LogP contribution in [0, 0.1) is 0 Å². The molecule has 2 atom stereocenters. The summed E-state index contributed by atoms with van der Waals surface area (Å²) < 4.78 is 4.89. The topological polar surface area (TPSA) is 78.8 Å². The van der Waals surface area contributed by atoms with E-state index in [9.17, 15) is 15.0 Å². The second kappa shape index (κ2) is 5.48. The zero-order valence-electron chi connectivity index (χ0n) is 10.2. The van der Waals surface area contributed by atoms with Crippen LogP contribution in [0.3, 0.4) is 0 Å². The molecule has 1 aliphatic heterocycles. The molecule has 5 nitrogen and oxygen atoms in total. The van der Waals surface area contributed by atoms with Gasteiger partial charge in [0.1, 0.15) is 12.7 Å². The van der Waals surface area contributed by atoms with E-state index in [-0.39, 0.29) is 12.6 Å². The fourth-order valence-corrected chi connectivity index (χ4v) is 1.99. The Kier molecular flexibility index (Phi) is 3.96. The van der Waals surface area contributed by atoms with Crippen molar-refractivity contribution in [3.63, 3.8) is 0 Å². The van der Waals surface area contributed by atoms with Gasteiger partial charge in [0.25, 0.3) is 0 Å². The largest absolute Gasteiger partial charge is 0.457 e. The van der Waals surface area contributed by atoms with E-state index in [1.54, 1.807) is 25.2 Å². The Morgan fingerprint density at radius 2 is 2.22 bits per heavy atom. The Morgan fingerprint density at radius 1 is 1.44 bits per heavy atom. The van der Waals surface area contributed by atoms with Gasteiger partial charge in [-0.1, -0.05) is 12.1 Å². The molecular weight excluding hydrogens is 234 g/mol. The van der Waals surface area contributed by atoms with Crippen molar-refractivity contribution < 1.29 is 19.7 Å². The van der Waals surface area contributed by atoms with Crippen molar-refractivity contribution in [3.8, 4) is 0 Å². The molecule has 0 bridgehead atoms. The van der Waals surface area contributed by atoms with Crippen LogP contribution in [-0.4, -0.2) is 35.9 Å². The monoisotopic (exact) mass is 251 g/mol. The number of rotatable bonds is 5. The van der Waals surface area contributed by atoms with Crippen molar-refractivity contribution in [2.24, 2.45) is 0 Å². The Balaban J connectivity index is 2.14. The van der Waals surface area contributed by atoms with E-state index in [2.05, 4.69) is 5.32 Å². The lowest BCUT2D eigenvalue weighted by molar-refractivity contribution is 0.0140. The third kappa shape index (κ3) is 2.53. The molecule has 0 saturated heterocycles. The summed E-state index contributed by atoms with van der Waals surface area (Å²) in [5, 5.41) is 22.7. The molecule has 98 valence electrons. The molecule has 0 fully saturated rings. The molecule has 1 aromatic carbocycles. The quantitative estimate of drug-likeness (QED) is 0.659. The van der Waals surface area contributed by atoms with Gasteiger partial charge in [-0.2, -0.15) is 0 Å². The minimum Gasteiger partial charge on any atom is -0.457 e. The fourth-order valence-electron chi connectivity index (χ4n) is 1.99. The van der Waals surface area contributed by atoms with Gasteiger partial charge in [0, 0.05) is 5.56 Å². The van der Waals surface area contributed by atoms with Crippen LogP contribution in [0.15, 0.2) is 18.2 Å². The minimum atomic E-state index is -0.989. The first-order valence-electron chi connectivity index (χ1n) is 5.94. The summed E-state index contributed by atoms with van der Waals surface area (Å²) in [7, 11) is 1.78. The minimum absolute atomic E-state index is 0.285. The average molecular weight is 251 g/mol. The van der Waals surface area contributed by atoms with Crippen molar-refractivity contribution in [1.29, 1.82) is 0 Å². The maximum Gasteiger partial charge on any atom is 0.338 e. The SMILES string of the molecule is CNCCC(O)C(O)c1ccc2c(c1)C(=O)OC2. The number of carbonyl (C=O) groups is 1. The predicted molar refractivity (Wildman–Crippen MR) is 65.1 cm³/mol. The Bertz CT molecular complexity index is 447. The lowest BCUT2D eigenvalue weighted by Gasteiger charge is -2.18.